The smallest absolute Gasteiger partial charge is 0.174 e. The van der Waals surface area contributed by atoms with Crippen LogP contribution in [-0.2, 0) is 11.3 Å². The van der Waals surface area contributed by atoms with Crippen LogP contribution in [0, 0.1) is 6.92 Å². The van der Waals surface area contributed by atoms with E-state index in [4.69, 9.17) is 9.26 Å². The van der Waals surface area contributed by atoms with Crippen LogP contribution in [0.4, 0.5) is 0 Å². The Kier molecular flexibility index (Phi) is 4.48. The van der Waals surface area contributed by atoms with Gasteiger partial charge in [-0.05, 0) is 18.4 Å². The van der Waals surface area contributed by atoms with E-state index in [-0.39, 0.29) is 11.8 Å². The molecule has 0 radical (unpaired) electrons. The third kappa shape index (κ3) is 3.58. The first kappa shape index (κ1) is 14.4. The Balaban J connectivity index is 1.65. The van der Waals surface area contributed by atoms with Gasteiger partial charge in [-0.15, -0.1) is 11.3 Å². The minimum atomic E-state index is 0.102. The molecule has 1 aliphatic rings. The van der Waals surface area contributed by atoms with Crippen LogP contribution in [0.1, 0.15) is 27.5 Å². The topological polar surface area (TPSA) is 55.6 Å². The summed E-state index contributed by atoms with van der Waals surface area (Å²) in [5.74, 6) is 0.992. The van der Waals surface area contributed by atoms with Gasteiger partial charge in [0.05, 0.1) is 23.8 Å². The number of aromatic nitrogens is 1. The lowest BCUT2D eigenvalue weighted by atomic mass is 10.1. The molecule has 0 aromatic carbocycles. The van der Waals surface area contributed by atoms with E-state index in [2.05, 4.69) is 10.1 Å². The van der Waals surface area contributed by atoms with Crippen LogP contribution in [0.2, 0.25) is 0 Å². The number of carbonyl (C=O) groups is 1. The molecular formula is C15H18N2O3S. The van der Waals surface area contributed by atoms with Crippen LogP contribution in [0.3, 0.4) is 0 Å². The Bertz CT molecular complexity index is 594. The Morgan fingerprint density at radius 1 is 1.57 bits per heavy atom. The van der Waals surface area contributed by atoms with Crippen molar-refractivity contribution in [3.8, 4) is 0 Å². The van der Waals surface area contributed by atoms with Gasteiger partial charge in [0, 0.05) is 31.6 Å². The number of thiophene rings is 1. The summed E-state index contributed by atoms with van der Waals surface area (Å²) in [7, 11) is 0. The number of hydrogen-bond donors (Lipinski definition) is 0. The predicted molar refractivity (Wildman–Crippen MR) is 79.5 cm³/mol. The molecule has 3 heterocycles. The lowest BCUT2D eigenvalue weighted by molar-refractivity contribution is -0.0133. The molecule has 2 aromatic heterocycles. The van der Waals surface area contributed by atoms with E-state index in [9.17, 15) is 4.79 Å². The highest BCUT2D eigenvalue weighted by Gasteiger charge is 2.26. The van der Waals surface area contributed by atoms with Crippen molar-refractivity contribution in [2.45, 2.75) is 25.9 Å². The fourth-order valence-corrected chi connectivity index (χ4v) is 3.21. The minimum absolute atomic E-state index is 0.102. The number of hydrogen-bond acceptors (Lipinski definition) is 6. The summed E-state index contributed by atoms with van der Waals surface area (Å²) < 4.78 is 10.6. The van der Waals surface area contributed by atoms with Crippen LogP contribution in [0.5, 0.6) is 0 Å². The number of aryl methyl sites for hydroxylation is 1. The molecule has 0 unspecified atom stereocenters. The van der Waals surface area contributed by atoms with Crippen LogP contribution in [-0.4, -0.2) is 41.6 Å². The van der Waals surface area contributed by atoms with Gasteiger partial charge >= 0.3 is 0 Å². The molecule has 0 bridgehead atoms. The van der Waals surface area contributed by atoms with E-state index in [0.717, 1.165) is 22.9 Å². The highest BCUT2D eigenvalue weighted by Crippen LogP contribution is 2.19. The highest BCUT2D eigenvalue weighted by molar-refractivity contribution is 7.12. The average Bonchev–Trinajstić information content (AvgIpc) is 3.13. The monoisotopic (exact) mass is 306 g/mol. The molecule has 0 N–H and O–H groups in total. The zero-order valence-electron chi connectivity index (χ0n) is 11.9. The molecule has 2 aromatic rings. The molecule has 6 heteroatoms. The van der Waals surface area contributed by atoms with Crippen molar-refractivity contribution < 1.29 is 14.1 Å². The maximum Gasteiger partial charge on any atom is 0.174 e. The SMILES string of the molecule is Cc1cc(CN2CCOC[C@H]2CC(=O)c2cccs2)no1. The summed E-state index contributed by atoms with van der Waals surface area (Å²) in [6, 6.07) is 5.83. The lowest BCUT2D eigenvalue weighted by Crippen LogP contribution is -2.45. The third-order valence-electron chi connectivity index (χ3n) is 3.61. The fourth-order valence-electron chi connectivity index (χ4n) is 2.54. The molecule has 112 valence electrons. The van der Waals surface area contributed by atoms with Crippen molar-refractivity contribution in [2.75, 3.05) is 19.8 Å². The number of Topliss-reactive ketones (excluding diaryl/α,β-unsaturated/α-hetero) is 1. The third-order valence-corrected chi connectivity index (χ3v) is 4.52. The van der Waals surface area contributed by atoms with E-state index < -0.39 is 0 Å². The van der Waals surface area contributed by atoms with Crippen molar-refractivity contribution in [3.63, 3.8) is 0 Å². The van der Waals surface area contributed by atoms with E-state index >= 15 is 0 Å². The molecule has 1 fully saturated rings. The maximum absolute atomic E-state index is 12.3. The molecule has 5 nitrogen and oxygen atoms in total. The molecule has 0 saturated carbocycles. The lowest BCUT2D eigenvalue weighted by Gasteiger charge is -2.34. The number of rotatable bonds is 5. The predicted octanol–water partition coefficient (Wildman–Crippen LogP) is 2.52. The fraction of sp³-hybridized carbons (Fsp3) is 0.467. The second-order valence-corrected chi connectivity index (χ2v) is 6.18. The van der Waals surface area contributed by atoms with Gasteiger partial charge in [0.2, 0.25) is 0 Å². The van der Waals surface area contributed by atoms with Crippen molar-refractivity contribution in [3.05, 3.63) is 39.9 Å². The molecule has 0 spiro atoms. The van der Waals surface area contributed by atoms with E-state index in [0.29, 0.717) is 26.2 Å². The van der Waals surface area contributed by atoms with Gasteiger partial charge in [0.25, 0.3) is 0 Å². The highest BCUT2D eigenvalue weighted by atomic mass is 32.1. The summed E-state index contributed by atoms with van der Waals surface area (Å²) in [6.45, 7) is 4.68. The summed E-state index contributed by atoms with van der Waals surface area (Å²) >= 11 is 1.49. The van der Waals surface area contributed by atoms with Gasteiger partial charge in [-0.1, -0.05) is 11.2 Å². The first-order valence-corrected chi connectivity index (χ1v) is 7.91. The number of ether oxygens (including phenoxy) is 1. The largest absolute Gasteiger partial charge is 0.378 e. The van der Waals surface area contributed by atoms with Crippen LogP contribution < -0.4 is 0 Å². The number of ketones is 1. The van der Waals surface area contributed by atoms with Crippen molar-refractivity contribution in [1.82, 2.24) is 10.1 Å². The quantitative estimate of drug-likeness (QED) is 0.795. The second-order valence-electron chi connectivity index (χ2n) is 5.23. The van der Waals surface area contributed by atoms with Crippen molar-refractivity contribution >= 4 is 17.1 Å². The van der Waals surface area contributed by atoms with E-state index in [1.54, 1.807) is 0 Å². The van der Waals surface area contributed by atoms with Crippen molar-refractivity contribution in [2.24, 2.45) is 0 Å². The summed E-state index contributed by atoms with van der Waals surface area (Å²) in [5, 5.41) is 5.96. The zero-order valence-corrected chi connectivity index (χ0v) is 12.8. The zero-order chi connectivity index (χ0) is 14.7. The molecule has 1 aliphatic heterocycles. The maximum atomic E-state index is 12.3. The number of carbonyl (C=O) groups excluding carboxylic acids is 1. The van der Waals surface area contributed by atoms with Crippen LogP contribution >= 0.6 is 11.3 Å². The average molecular weight is 306 g/mol. The number of nitrogens with zero attached hydrogens (tertiary/aromatic N) is 2. The Morgan fingerprint density at radius 2 is 2.48 bits per heavy atom. The molecular weight excluding hydrogens is 288 g/mol. The van der Waals surface area contributed by atoms with Gasteiger partial charge in [0.15, 0.2) is 5.78 Å². The summed E-state index contributed by atoms with van der Waals surface area (Å²) in [5.41, 5.74) is 0.906. The first-order chi connectivity index (χ1) is 10.2. The molecule has 1 atom stereocenters. The Labute approximate surface area is 127 Å². The van der Waals surface area contributed by atoms with Gasteiger partial charge in [-0.2, -0.15) is 0 Å². The second kappa shape index (κ2) is 6.51. The normalized spacial score (nSPS) is 19.8. The Hall–Kier alpha value is -1.50. The molecule has 1 saturated heterocycles. The van der Waals surface area contributed by atoms with Crippen molar-refractivity contribution in [1.29, 1.82) is 0 Å². The Morgan fingerprint density at radius 3 is 3.19 bits per heavy atom. The van der Waals surface area contributed by atoms with Gasteiger partial charge < -0.3 is 9.26 Å². The molecule has 21 heavy (non-hydrogen) atoms. The summed E-state index contributed by atoms with van der Waals surface area (Å²) in [4.78, 5) is 15.3. The van der Waals surface area contributed by atoms with Gasteiger partial charge in [0.1, 0.15) is 5.76 Å². The van der Waals surface area contributed by atoms with Gasteiger partial charge in [-0.25, -0.2) is 0 Å². The van der Waals surface area contributed by atoms with Gasteiger partial charge in [-0.3, -0.25) is 9.69 Å². The van der Waals surface area contributed by atoms with E-state index in [1.165, 1.54) is 11.3 Å². The first-order valence-electron chi connectivity index (χ1n) is 7.03. The van der Waals surface area contributed by atoms with Crippen LogP contribution in [0.25, 0.3) is 0 Å². The molecule has 0 amide bonds. The molecule has 3 rings (SSSR count). The standard InChI is InChI=1S/C15H18N2O3S/c1-11-7-12(16-20-11)9-17-4-5-19-10-13(17)8-14(18)15-3-2-6-21-15/h2-3,6-7,13H,4-5,8-10H2,1H3/t13-/m1/s1. The van der Waals surface area contributed by atoms with E-state index in [1.807, 2.05) is 30.5 Å². The molecule has 0 aliphatic carbocycles. The number of morpholine rings is 1. The summed E-state index contributed by atoms with van der Waals surface area (Å²) in [6.07, 6.45) is 0.483. The van der Waals surface area contributed by atoms with Crippen LogP contribution in [0.15, 0.2) is 28.1 Å². The minimum Gasteiger partial charge on any atom is -0.378 e.